The molecule has 0 atom stereocenters. The smallest absolute Gasteiger partial charge is 0.157 e. The zero-order valence-electron chi connectivity index (χ0n) is 12.3. The number of rotatable bonds is 5. The van der Waals surface area contributed by atoms with E-state index in [2.05, 4.69) is 32.4 Å². The van der Waals surface area contributed by atoms with Crippen molar-refractivity contribution in [3.05, 3.63) is 41.1 Å². The minimum Gasteiger partial charge on any atom is -0.366 e. The van der Waals surface area contributed by atoms with Gasteiger partial charge in [-0.1, -0.05) is 31.6 Å². The summed E-state index contributed by atoms with van der Waals surface area (Å²) in [5.74, 6) is 0.974. The van der Waals surface area contributed by atoms with Crippen molar-refractivity contribution in [3.8, 4) is 0 Å². The highest BCUT2D eigenvalue weighted by atomic mass is 19.1. The average molecular weight is 286 g/mol. The number of aromatic nitrogens is 3. The number of nitrogens with one attached hydrogen (secondary N) is 2. The molecule has 0 unspecified atom stereocenters. The van der Waals surface area contributed by atoms with E-state index >= 15 is 0 Å². The quantitative estimate of drug-likeness (QED) is 0.882. The van der Waals surface area contributed by atoms with Crippen molar-refractivity contribution >= 4 is 16.9 Å². The molecule has 2 N–H and O–H groups in total. The van der Waals surface area contributed by atoms with Gasteiger partial charge in [0.1, 0.15) is 17.3 Å². The Balaban J connectivity index is 1.95. The van der Waals surface area contributed by atoms with Crippen LogP contribution in [0.5, 0.6) is 0 Å². The van der Waals surface area contributed by atoms with E-state index in [-0.39, 0.29) is 5.82 Å². The predicted molar refractivity (Wildman–Crippen MR) is 82.9 cm³/mol. The van der Waals surface area contributed by atoms with E-state index in [0.29, 0.717) is 41.3 Å². The topological polar surface area (TPSA) is 53.6 Å². The second-order valence-electron chi connectivity index (χ2n) is 5.32. The molecule has 21 heavy (non-hydrogen) atoms. The number of nitrogens with zero attached hydrogens (tertiary/aromatic N) is 2. The highest BCUT2D eigenvalue weighted by Crippen LogP contribution is 2.27. The van der Waals surface area contributed by atoms with Crippen LogP contribution in [0.15, 0.2) is 23.8 Å². The van der Waals surface area contributed by atoms with Gasteiger partial charge in [-0.15, -0.1) is 0 Å². The zero-order chi connectivity index (χ0) is 14.8. The molecule has 0 spiro atoms. The van der Waals surface area contributed by atoms with Crippen LogP contribution in [-0.2, 0) is 6.42 Å². The van der Waals surface area contributed by atoms with Crippen LogP contribution >= 0.6 is 0 Å². The fourth-order valence-electron chi connectivity index (χ4n) is 2.59. The molecule has 0 bridgehead atoms. The summed E-state index contributed by atoms with van der Waals surface area (Å²) in [6.07, 6.45) is 8.72. The normalized spacial score (nSPS) is 14.0. The van der Waals surface area contributed by atoms with E-state index in [0.717, 1.165) is 12.8 Å². The molecule has 0 saturated heterocycles. The second kappa shape index (κ2) is 5.68. The Bertz CT molecular complexity index is 727. The van der Waals surface area contributed by atoms with Crippen LogP contribution in [0.3, 0.4) is 0 Å². The second-order valence-corrected chi connectivity index (χ2v) is 5.32. The molecular weight excluding hydrogens is 267 g/mol. The molecular formula is C16H19FN4. The fraction of sp³-hybridized carbons (Fsp3) is 0.375. The lowest BCUT2D eigenvalue weighted by Gasteiger charge is -2.08. The van der Waals surface area contributed by atoms with Crippen LogP contribution in [0, 0.1) is 12.7 Å². The summed E-state index contributed by atoms with van der Waals surface area (Å²) in [4.78, 5) is 11.8. The number of H-pyrrole nitrogens is 1. The lowest BCUT2D eigenvalue weighted by Crippen LogP contribution is -2.07. The van der Waals surface area contributed by atoms with Gasteiger partial charge in [-0.05, 0) is 25.3 Å². The van der Waals surface area contributed by atoms with Gasteiger partial charge in [0.25, 0.3) is 0 Å². The number of anilines is 1. The minimum absolute atomic E-state index is 0.229. The van der Waals surface area contributed by atoms with E-state index in [9.17, 15) is 4.39 Å². The Morgan fingerprint density at radius 3 is 2.95 bits per heavy atom. The number of aromatic amines is 1. The summed E-state index contributed by atoms with van der Waals surface area (Å²) in [5, 5.41) is 3.72. The van der Waals surface area contributed by atoms with E-state index in [1.165, 1.54) is 5.57 Å². The van der Waals surface area contributed by atoms with E-state index in [1.807, 2.05) is 19.9 Å². The maximum absolute atomic E-state index is 14.5. The highest BCUT2D eigenvalue weighted by Gasteiger charge is 2.17. The molecule has 0 aliphatic heterocycles. The van der Waals surface area contributed by atoms with Crippen molar-refractivity contribution in [1.29, 1.82) is 0 Å². The monoisotopic (exact) mass is 286 g/mol. The van der Waals surface area contributed by atoms with Gasteiger partial charge >= 0.3 is 0 Å². The SMILES string of the molecule is CCCc1[nH]c2nc(C)nc(NCC3=CC=CC3)c2c1F. The first kappa shape index (κ1) is 13.8. The molecule has 2 heterocycles. The zero-order valence-corrected chi connectivity index (χ0v) is 12.3. The van der Waals surface area contributed by atoms with E-state index in [4.69, 9.17) is 0 Å². The summed E-state index contributed by atoms with van der Waals surface area (Å²) < 4.78 is 14.5. The van der Waals surface area contributed by atoms with E-state index < -0.39 is 0 Å². The molecule has 0 aromatic carbocycles. The van der Waals surface area contributed by atoms with Gasteiger partial charge in [0.15, 0.2) is 5.82 Å². The van der Waals surface area contributed by atoms with Crippen LogP contribution in [-0.4, -0.2) is 21.5 Å². The van der Waals surface area contributed by atoms with Gasteiger partial charge < -0.3 is 10.3 Å². The highest BCUT2D eigenvalue weighted by molar-refractivity contribution is 5.88. The number of allylic oxidation sites excluding steroid dienone is 3. The van der Waals surface area contributed by atoms with Crippen LogP contribution < -0.4 is 5.32 Å². The first-order chi connectivity index (χ1) is 10.2. The summed E-state index contributed by atoms with van der Waals surface area (Å²) in [6, 6.07) is 0. The molecule has 2 aromatic heterocycles. The van der Waals surface area contributed by atoms with Crippen molar-refractivity contribution < 1.29 is 4.39 Å². The third kappa shape index (κ3) is 2.68. The van der Waals surface area contributed by atoms with Gasteiger partial charge in [0, 0.05) is 6.54 Å². The number of fused-ring (bicyclic) bond motifs is 1. The summed E-state index contributed by atoms with van der Waals surface area (Å²) in [6.45, 7) is 4.52. The van der Waals surface area contributed by atoms with Crippen molar-refractivity contribution in [2.75, 3.05) is 11.9 Å². The van der Waals surface area contributed by atoms with Gasteiger partial charge in [0.2, 0.25) is 0 Å². The van der Waals surface area contributed by atoms with Crippen molar-refractivity contribution in [3.63, 3.8) is 0 Å². The van der Waals surface area contributed by atoms with Crippen molar-refractivity contribution in [2.45, 2.75) is 33.1 Å². The third-order valence-electron chi connectivity index (χ3n) is 3.61. The number of aryl methyl sites for hydroxylation is 2. The first-order valence-corrected chi connectivity index (χ1v) is 7.32. The van der Waals surface area contributed by atoms with Gasteiger partial charge in [-0.3, -0.25) is 0 Å². The minimum atomic E-state index is -0.229. The molecule has 4 nitrogen and oxygen atoms in total. The van der Waals surface area contributed by atoms with Crippen molar-refractivity contribution in [1.82, 2.24) is 15.0 Å². The Labute approximate surface area is 123 Å². The Kier molecular flexibility index (Phi) is 3.73. The standard InChI is InChI=1S/C16H19FN4/c1-3-6-12-14(17)13-15(18-9-11-7-4-5-8-11)19-10(2)20-16(13)21-12/h4-5,7H,3,6,8-9H2,1-2H3,(H2,18,19,20,21). The molecule has 0 radical (unpaired) electrons. The lowest BCUT2D eigenvalue weighted by atomic mass is 10.2. The fourth-order valence-corrected chi connectivity index (χ4v) is 2.59. The van der Waals surface area contributed by atoms with Crippen LogP contribution in [0.25, 0.3) is 11.0 Å². The van der Waals surface area contributed by atoms with Gasteiger partial charge in [-0.25, -0.2) is 14.4 Å². The predicted octanol–water partition coefficient (Wildman–Crippen LogP) is 3.66. The number of halogens is 1. The molecule has 1 aliphatic carbocycles. The molecule has 3 rings (SSSR count). The van der Waals surface area contributed by atoms with Gasteiger partial charge in [0.05, 0.1) is 11.1 Å². The Morgan fingerprint density at radius 2 is 2.24 bits per heavy atom. The van der Waals surface area contributed by atoms with Crippen LogP contribution in [0.2, 0.25) is 0 Å². The van der Waals surface area contributed by atoms with Crippen molar-refractivity contribution in [2.24, 2.45) is 0 Å². The summed E-state index contributed by atoms with van der Waals surface area (Å²) in [5.41, 5.74) is 2.45. The maximum Gasteiger partial charge on any atom is 0.157 e. The summed E-state index contributed by atoms with van der Waals surface area (Å²) >= 11 is 0. The van der Waals surface area contributed by atoms with Crippen LogP contribution in [0.1, 0.15) is 31.3 Å². The molecule has 0 fully saturated rings. The third-order valence-corrected chi connectivity index (χ3v) is 3.61. The largest absolute Gasteiger partial charge is 0.366 e. The van der Waals surface area contributed by atoms with Crippen LogP contribution in [0.4, 0.5) is 10.2 Å². The molecule has 2 aromatic rings. The first-order valence-electron chi connectivity index (χ1n) is 7.32. The Morgan fingerprint density at radius 1 is 1.38 bits per heavy atom. The van der Waals surface area contributed by atoms with E-state index in [1.54, 1.807) is 0 Å². The Hall–Kier alpha value is -2.17. The molecule has 0 saturated carbocycles. The maximum atomic E-state index is 14.5. The number of hydrogen-bond donors (Lipinski definition) is 2. The molecule has 0 amide bonds. The molecule has 110 valence electrons. The number of hydrogen-bond acceptors (Lipinski definition) is 3. The summed E-state index contributed by atoms with van der Waals surface area (Å²) in [7, 11) is 0. The average Bonchev–Trinajstić information content (AvgIpc) is 3.06. The molecule has 5 heteroatoms. The lowest BCUT2D eigenvalue weighted by molar-refractivity contribution is 0.616. The van der Waals surface area contributed by atoms with Gasteiger partial charge in [-0.2, -0.15) is 0 Å². The molecule has 1 aliphatic rings.